The average Bonchev–Trinajstić information content (AvgIpc) is 2.60. The summed E-state index contributed by atoms with van der Waals surface area (Å²) in [7, 11) is -9.37. The average molecular weight is 455 g/mol. The minimum absolute atomic E-state index is 0.0790. The molecule has 12 heteroatoms. The molecule has 0 heterocycles. The minimum Gasteiger partial charge on any atom is -0.326 e. The predicted molar refractivity (Wildman–Crippen MR) is 109 cm³/mol. The van der Waals surface area contributed by atoms with E-state index in [4.69, 9.17) is 0 Å². The molecule has 2 rings (SSSR count). The van der Waals surface area contributed by atoms with Crippen LogP contribution in [0.3, 0.4) is 0 Å². The Bertz CT molecular complexity index is 1260. The molecule has 0 radical (unpaired) electrons. The van der Waals surface area contributed by atoms with E-state index in [1.165, 1.54) is 30.3 Å². The van der Waals surface area contributed by atoms with Crippen molar-refractivity contribution in [2.75, 3.05) is 0 Å². The summed E-state index contributed by atoms with van der Waals surface area (Å²) < 4.78 is 66.0. The molecular formula is C17H14N2O7S3. The van der Waals surface area contributed by atoms with Gasteiger partial charge in [-0.25, -0.2) is 0 Å². The molecule has 0 fully saturated rings. The second-order valence-electron chi connectivity index (χ2n) is 5.61. The van der Waals surface area contributed by atoms with E-state index in [0.717, 1.165) is 25.1 Å². The van der Waals surface area contributed by atoms with Gasteiger partial charge in [-0.15, -0.1) is 0 Å². The van der Waals surface area contributed by atoms with E-state index >= 15 is 0 Å². The lowest BCUT2D eigenvalue weighted by atomic mass is 10.1. The van der Waals surface area contributed by atoms with Crippen LogP contribution < -0.4 is 5.32 Å². The standard InChI is InChI=1S/C17H14N2O7S3/c1-11(20)19-15(14-4-2-3-5-16(14)28(21,22)23)8-12-6-7-13(18-10-27)9-17(12)29(24,25)26/h2-9H,1H3,(H,19,20)(H,21,22,23)(H,24,25,26). The van der Waals surface area contributed by atoms with Crippen molar-refractivity contribution in [1.29, 1.82) is 0 Å². The highest BCUT2D eigenvalue weighted by Gasteiger charge is 2.20. The smallest absolute Gasteiger partial charge is 0.295 e. The van der Waals surface area contributed by atoms with Crippen LogP contribution in [0.1, 0.15) is 18.1 Å². The quantitative estimate of drug-likeness (QED) is 0.261. The third-order valence-electron chi connectivity index (χ3n) is 3.52. The Morgan fingerprint density at radius 2 is 1.69 bits per heavy atom. The molecule has 0 bridgehead atoms. The number of hydrogen-bond acceptors (Lipinski definition) is 7. The van der Waals surface area contributed by atoms with Crippen molar-refractivity contribution >= 4 is 61.0 Å². The maximum Gasteiger partial charge on any atom is 0.295 e. The highest BCUT2D eigenvalue weighted by Crippen LogP contribution is 2.28. The van der Waals surface area contributed by atoms with Gasteiger partial charge in [0.1, 0.15) is 9.79 Å². The molecule has 2 aromatic carbocycles. The predicted octanol–water partition coefficient (Wildman–Crippen LogP) is 2.55. The Morgan fingerprint density at radius 3 is 2.24 bits per heavy atom. The number of aliphatic imine (C=N–C) groups is 1. The number of hydrogen-bond donors (Lipinski definition) is 3. The molecule has 0 unspecified atom stereocenters. The summed E-state index contributed by atoms with van der Waals surface area (Å²) >= 11 is 4.47. The summed E-state index contributed by atoms with van der Waals surface area (Å²) in [6.07, 6.45) is 1.14. The topological polar surface area (TPSA) is 150 Å². The first-order valence-electron chi connectivity index (χ1n) is 7.69. The zero-order valence-corrected chi connectivity index (χ0v) is 17.2. The highest BCUT2D eigenvalue weighted by atomic mass is 32.2. The summed E-state index contributed by atoms with van der Waals surface area (Å²) in [6, 6.07) is 8.91. The second kappa shape index (κ2) is 8.74. The number of benzene rings is 2. The van der Waals surface area contributed by atoms with Crippen LogP contribution >= 0.6 is 12.2 Å². The van der Waals surface area contributed by atoms with Gasteiger partial charge in [-0.3, -0.25) is 13.9 Å². The van der Waals surface area contributed by atoms with Crippen LogP contribution in [-0.4, -0.2) is 37.0 Å². The number of nitrogens with one attached hydrogen (secondary N) is 1. The summed E-state index contributed by atoms with van der Waals surface area (Å²) in [6.45, 7) is 1.16. The van der Waals surface area contributed by atoms with E-state index in [1.807, 2.05) is 0 Å². The van der Waals surface area contributed by atoms with Crippen LogP contribution in [0, 0.1) is 0 Å². The van der Waals surface area contributed by atoms with Crippen molar-refractivity contribution in [1.82, 2.24) is 5.32 Å². The highest BCUT2D eigenvalue weighted by molar-refractivity contribution is 7.86. The van der Waals surface area contributed by atoms with Crippen LogP contribution in [0.4, 0.5) is 5.69 Å². The molecule has 0 aliphatic carbocycles. The van der Waals surface area contributed by atoms with Gasteiger partial charge >= 0.3 is 0 Å². The van der Waals surface area contributed by atoms with Crippen LogP contribution in [0.2, 0.25) is 0 Å². The molecule has 0 spiro atoms. The van der Waals surface area contributed by atoms with Crippen molar-refractivity contribution in [3.05, 3.63) is 53.6 Å². The van der Waals surface area contributed by atoms with Gasteiger partial charge in [-0.2, -0.15) is 21.8 Å². The van der Waals surface area contributed by atoms with Gasteiger partial charge in [0, 0.05) is 18.2 Å². The number of rotatable bonds is 6. The Balaban J connectivity index is 2.83. The number of amides is 1. The molecule has 29 heavy (non-hydrogen) atoms. The van der Waals surface area contributed by atoms with Crippen molar-refractivity contribution in [3.8, 4) is 0 Å². The number of isothiocyanates is 1. The van der Waals surface area contributed by atoms with Gasteiger partial charge in [0.05, 0.1) is 10.8 Å². The fourth-order valence-electron chi connectivity index (χ4n) is 2.43. The normalized spacial score (nSPS) is 12.2. The molecule has 0 aromatic heterocycles. The molecule has 3 N–H and O–H groups in total. The Morgan fingerprint density at radius 1 is 1.07 bits per heavy atom. The minimum atomic E-state index is -4.72. The molecule has 152 valence electrons. The number of carbonyl (C=O) groups excluding carboxylic acids is 1. The van der Waals surface area contributed by atoms with Crippen molar-refractivity contribution < 1.29 is 30.7 Å². The third kappa shape index (κ3) is 5.87. The van der Waals surface area contributed by atoms with E-state index < -0.39 is 35.9 Å². The van der Waals surface area contributed by atoms with E-state index in [-0.39, 0.29) is 22.5 Å². The molecule has 0 aliphatic heterocycles. The summed E-state index contributed by atoms with van der Waals surface area (Å²) in [4.78, 5) is 14.2. The van der Waals surface area contributed by atoms with Gasteiger partial charge in [-0.05, 0) is 42.1 Å². The van der Waals surface area contributed by atoms with Crippen molar-refractivity contribution in [3.63, 3.8) is 0 Å². The first-order chi connectivity index (χ1) is 13.4. The molecule has 0 saturated heterocycles. The van der Waals surface area contributed by atoms with Crippen molar-refractivity contribution in [2.45, 2.75) is 16.7 Å². The van der Waals surface area contributed by atoms with Gasteiger partial charge in [-0.1, -0.05) is 24.3 Å². The fourth-order valence-corrected chi connectivity index (χ4v) is 3.93. The molecule has 0 aliphatic rings. The van der Waals surface area contributed by atoms with E-state index in [2.05, 4.69) is 27.7 Å². The lowest BCUT2D eigenvalue weighted by Crippen LogP contribution is -2.19. The molecule has 1 amide bonds. The molecule has 9 nitrogen and oxygen atoms in total. The summed E-state index contributed by atoms with van der Waals surface area (Å²) in [5, 5.41) is 4.46. The van der Waals surface area contributed by atoms with Gasteiger partial charge < -0.3 is 5.32 Å². The van der Waals surface area contributed by atoms with Crippen molar-refractivity contribution in [2.24, 2.45) is 4.99 Å². The molecule has 0 atom stereocenters. The van der Waals surface area contributed by atoms with Crippen LogP contribution in [0.25, 0.3) is 11.8 Å². The maximum atomic E-state index is 11.8. The number of carbonyl (C=O) groups is 1. The van der Waals surface area contributed by atoms with Gasteiger partial charge in [0.15, 0.2) is 0 Å². The zero-order valence-electron chi connectivity index (χ0n) is 14.7. The maximum absolute atomic E-state index is 11.8. The molecular weight excluding hydrogens is 440 g/mol. The first-order valence-corrected chi connectivity index (χ1v) is 11.0. The molecule has 2 aromatic rings. The number of nitrogens with zero attached hydrogens (tertiary/aromatic N) is 1. The Hall–Kier alpha value is -2.73. The largest absolute Gasteiger partial charge is 0.326 e. The monoisotopic (exact) mass is 454 g/mol. The Labute approximate surface area is 172 Å². The van der Waals surface area contributed by atoms with E-state index in [1.54, 1.807) is 0 Å². The fraction of sp³-hybridized carbons (Fsp3) is 0.0588. The second-order valence-corrected chi connectivity index (χ2v) is 8.57. The SMILES string of the molecule is CC(=O)NC(=Cc1ccc(N=C=S)cc1S(=O)(=O)O)c1ccccc1S(=O)(=O)O. The lowest BCUT2D eigenvalue weighted by molar-refractivity contribution is -0.117. The first kappa shape index (κ1) is 22.6. The molecule has 0 saturated carbocycles. The van der Waals surface area contributed by atoms with Crippen LogP contribution in [0.5, 0.6) is 0 Å². The van der Waals surface area contributed by atoms with Gasteiger partial charge in [0.2, 0.25) is 5.91 Å². The number of thiocarbonyl (C=S) groups is 1. The summed E-state index contributed by atoms with van der Waals surface area (Å²) in [5.41, 5.74) is -0.192. The third-order valence-corrected chi connectivity index (χ3v) is 5.43. The summed E-state index contributed by atoms with van der Waals surface area (Å²) in [5.74, 6) is -0.586. The lowest BCUT2D eigenvalue weighted by Gasteiger charge is -2.13. The van der Waals surface area contributed by atoms with Crippen LogP contribution in [-0.2, 0) is 25.0 Å². The van der Waals surface area contributed by atoms with E-state index in [0.29, 0.717) is 0 Å². The Kier molecular flexibility index (Phi) is 6.80. The zero-order chi connectivity index (χ0) is 21.8. The van der Waals surface area contributed by atoms with Gasteiger partial charge in [0.25, 0.3) is 20.2 Å². The van der Waals surface area contributed by atoms with E-state index in [9.17, 15) is 30.7 Å². The van der Waals surface area contributed by atoms with Crippen LogP contribution in [0.15, 0.2) is 57.2 Å².